The molecular weight excluding hydrogens is 360 g/mol. The van der Waals surface area contributed by atoms with Crippen LogP contribution < -0.4 is 4.74 Å². The third kappa shape index (κ3) is 7.46. The molecular formula is C26H40O3. The maximum atomic E-state index is 5.93. The van der Waals surface area contributed by atoms with Crippen LogP contribution in [0.5, 0.6) is 5.75 Å². The third-order valence-electron chi connectivity index (χ3n) is 6.43. The van der Waals surface area contributed by atoms with Crippen molar-refractivity contribution in [2.75, 3.05) is 19.8 Å². The lowest BCUT2D eigenvalue weighted by molar-refractivity contribution is -0.206. The average Bonchev–Trinajstić information content (AvgIpc) is 2.77. The summed E-state index contributed by atoms with van der Waals surface area (Å²) in [6, 6.07) is 8.17. The SMILES string of the molecule is CCCC[C@H]1CO[C@H](c2ccc(OC/C=C/[C@H]3CC[C@H](CCC)CC3)cc2)OC1. The van der Waals surface area contributed by atoms with Crippen LogP contribution >= 0.6 is 0 Å². The van der Waals surface area contributed by atoms with Gasteiger partial charge >= 0.3 is 0 Å². The van der Waals surface area contributed by atoms with Crippen molar-refractivity contribution in [1.82, 2.24) is 0 Å². The number of hydrogen-bond donors (Lipinski definition) is 0. The van der Waals surface area contributed by atoms with Crippen LogP contribution in [0.4, 0.5) is 0 Å². The van der Waals surface area contributed by atoms with Crippen molar-refractivity contribution in [1.29, 1.82) is 0 Å². The zero-order chi connectivity index (χ0) is 20.3. The average molecular weight is 401 g/mol. The Kier molecular flexibility index (Phi) is 9.56. The molecule has 0 atom stereocenters. The summed E-state index contributed by atoms with van der Waals surface area (Å²) in [6.07, 6.45) is 16.2. The van der Waals surface area contributed by atoms with Crippen LogP contribution in [0, 0.1) is 17.8 Å². The largest absolute Gasteiger partial charge is 0.490 e. The Morgan fingerprint density at radius 3 is 2.28 bits per heavy atom. The normalized spacial score (nSPS) is 27.9. The van der Waals surface area contributed by atoms with Gasteiger partial charge in [0.1, 0.15) is 12.4 Å². The van der Waals surface area contributed by atoms with Gasteiger partial charge < -0.3 is 14.2 Å². The minimum atomic E-state index is -0.232. The van der Waals surface area contributed by atoms with Crippen LogP contribution in [0.2, 0.25) is 0 Å². The summed E-state index contributed by atoms with van der Waals surface area (Å²) >= 11 is 0. The zero-order valence-electron chi connectivity index (χ0n) is 18.5. The summed E-state index contributed by atoms with van der Waals surface area (Å²) in [6.45, 7) is 6.77. The number of benzene rings is 1. The first kappa shape index (κ1) is 22.4. The van der Waals surface area contributed by atoms with Gasteiger partial charge in [-0.05, 0) is 56.1 Å². The van der Waals surface area contributed by atoms with Gasteiger partial charge in [-0.2, -0.15) is 0 Å². The van der Waals surface area contributed by atoms with Crippen LogP contribution in [-0.2, 0) is 9.47 Å². The van der Waals surface area contributed by atoms with Gasteiger partial charge in [0.15, 0.2) is 6.29 Å². The van der Waals surface area contributed by atoms with Crippen molar-refractivity contribution in [3.05, 3.63) is 42.0 Å². The Labute approximate surface area is 177 Å². The maximum Gasteiger partial charge on any atom is 0.183 e. The quantitative estimate of drug-likeness (QED) is 0.393. The smallest absolute Gasteiger partial charge is 0.183 e. The third-order valence-corrected chi connectivity index (χ3v) is 6.43. The Balaban J connectivity index is 1.35. The van der Waals surface area contributed by atoms with Gasteiger partial charge in [0.2, 0.25) is 0 Å². The van der Waals surface area contributed by atoms with E-state index in [0.29, 0.717) is 12.5 Å². The number of unbranched alkanes of at least 4 members (excludes halogenated alkanes) is 1. The standard InChI is InChI=1S/C26H40O3/c1-3-5-8-23-19-28-26(29-20-23)24-14-16-25(17-15-24)27-18-6-9-22-12-10-21(7-4-2)11-13-22/h6,9,14-17,21-23,26H,3-5,7-8,10-13,18-20H2,1-2H3/b9-6+/t21-,22-,23-,26-. The van der Waals surface area contributed by atoms with Crippen molar-refractivity contribution in [2.24, 2.45) is 17.8 Å². The highest BCUT2D eigenvalue weighted by atomic mass is 16.7. The van der Waals surface area contributed by atoms with E-state index < -0.39 is 0 Å². The molecule has 29 heavy (non-hydrogen) atoms. The lowest BCUT2D eigenvalue weighted by Crippen LogP contribution is -2.27. The van der Waals surface area contributed by atoms with Crippen molar-refractivity contribution < 1.29 is 14.2 Å². The van der Waals surface area contributed by atoms with E-state index >= 15 is 0 Å². The second kappa shape index (κ2) is 12.4. The summed E-state index contributed by atoms with van der Waals surface area (Å²) in [4.78, 5) is 0. The Morgan fingerprint density at radius 2 is 1.62 bits per heavy atom. The fourth-order valence-corrected chi connectivity index (χ4v) is 4.59. The minimum absolute atomic E-state index is 0.232. The number of rotatable bonds is 10. The molecule has 3 rings (SSSR count). The molecule has 0 bridgehead atoms. The molecule has 0 unspecified atom stereocenters. The highest BCUT2D eigenvalue weighted by Gasteiger charge is 2.23. The van der Waals surface area contributed by atoms with Crippen molar-refractivity contribution in [3.8, 4) is 5.75 Å². The van der Waals surface area contributed by atoms with Crippen molar-refractivity contribution in [2.45, 2.75) is 77.9 Å². The lowest BCUT2D eigenvalue weighted by atomic mass is 9.80. The van der Waals surface area contributed by atoms with Crippen molar-refractivity contribution >= 4 is 0 Å². The molecule has 0 radical (unpaired) electrons. The molecule has 162 valence electrons. The molecule has 1 aliphatic heterocycles. The molecule has 0 aromatic heterocycles. The summed E-state index contributed by atoms with van der Waals surface area (Å²) in [7, 11) is 0. The van der Waals surface area contributed by atoms with Gasteiger partial charge in [0, 0.05) is 11.5 Å². The zero-order valence-corrected chi connectivity index (χ0v) is 18.5. The van der Waals surface area contributed by atoms with E-state index in [0.717, 1.165) is 36.4 Å². The van der Waals surface area contributed by atoms with Crippen LogP contribution in [0.25, 0.3) is 0 Å². The number of allylic oxidation sites excluding steroid dienone is 1. The molecule has 1 aliphatic carbocycles. The second-order valence-electron chi connectivity index (χ2n) is 8.88. The topological polar surface area (TPSA) is 27.7 Å². The van der Waals surface area contributed by atoms with Gasteiger partial charge in [0.25, 0.3) is 0 Å². The molecule has 3 nitrogen and oxygen atoms in total. The number of ether oxygens (including phenoxy) is 3. The van der Waals surface area contributed by atoms with E-state index in [-0.39, 0.29) is 6.29 Å². The Hall–Kier alpha value is -1.32. The molecule has 3 heteroatoms. The van der Waals surface area contributed by atoms with Gasteiger partial charge in [-0.15, -0.1) is 0 Å². The predicted molar refractivity (Wildman–Crippen MR) is 119 cm³/mol. The van der Waals surface area contributed by atoms with Gasteiger partial charge in [-0.1, -0.05) is 63.8 Å². The number of hydrogen-bond acceptors (Lipinski definition) is 3. The van der Waals surface area contributed by atoms with Gasteiger partial charge in [-0.3, -0.25) is 0 Å². The molecule has 1 heterocycles. The Bertz CT molecular complexity index is 578. The minimum Gasteiger partial charge on any atom is -0.490 e. The van der Waals surface area contributed by atoms with E-state index in [2.05, 4.69) is 38.1 Å². The first-order valence-electron chi connectivity index (χ1n) is 11.9. The summed E-state index contributed by atoms with van der Waals surface area (Å²) < 4.78 is 17.7. The molecule has 1 aromatic rings. The molecule has 1 aromatic carbocycles. The lowest BCUT2D eigenvalue weighted by Gasteiger charge is -2.29. The van der Waals surface area contributed by atoms with E-state index in [1.807, 2.05) is 12.1 Å². The molecule has 1 saturated carbocycles. The monoisotopic (exact) mass is 400 g/mol. The van der Waals surface area contributed by atoms with Gasteiger partial charge in [-0.25, -0.2) is 0 Å². The van der Waals surface area contributed by atoms with E-state index in [1.54, 1.807) is 0 Å². The molecule has 0 N–H and O–H groups in total. The van der Waals surface area contributed by atoms with E-state index in [4.69, 9.17) is 14.2 Å². The fourth-order valence-electron chi connectivity index (χ4n) is 4.59. The van der Waals surface area contributed by atoms with Crippen molar-refractivity contribution in [3.63, 3.8) is 0 Å². The molecule has 1 saturated heterocycles. The summed E-state index contributed by atoms with van der Waals surface area (Å²) in [5.41, 5.74) is 1.07. The van der Waals surface area contributed by atoms with Crippen LogP contribution in [0.1, 0.15) is 83.5 Å². The predicted octanol–water partition coefficient (Wildman–Crippen LogP) is 7.08. The highest BCUT2D eigenvalue weighted by Crippen LogP contribution is 2.32. The van der Waals surface area contributed by atoms with E-state index in [9.17, 15) is 0 Å². The second-order valence-corrected chi connectivity index (χ2v) is 8.88. The van der Waals surface area contributed by atoms with Crippen LogP contribution in [-0.4, -0.2) is 19.8 Å². The molecule has 0 spiro atoms. The first-order valence-corrected chi connectivity index (χ1v) is 11.9. The molecule has 2 fully saturated rings. The first-order chi connectivity index (χ1) is 14.3. The van der Waals surface area contributed by atoms with Gasteiger partial charge in [0.05, 0.1) is 13.2 Å². The highest BCUT2D eigenvalue weighted by molar-refractivity contribution is 5.28. The summed E-state index contributed by atoms with van der Waals surface area (Å²) in [5, 5.41) is 0. The van der Waals surface area contributed by atoms with Crippen LogP contribution in [0.15, 0.2) is 36.4 Å². The summed E-state index contributed by atoms with van der Waals surface area (Å²) in [5.74, 6) is 3.17. The maximum absolute atomic E-state index is 5.93. The van der Waals surface area contributed by atoms with Crippen LogP contribution in [0.3, 0.4) is 0 Å². The molecule has 0 amide bonds. The molecule has 2 aliphatic rings. The fraction of sp³-hybridized carbons (Fsp3) is 0.692. The Morgan fingerprint density at radius 1 is 0.897 bits per heavy atom. The van der Waals surface area contributed by atoms with E-state index in [1.165, 1.54) is 57.8 Å².